The number of anilines is 1. The lowest BCUT2D eigenvalue weighted by molar-refractivity contribution is -0.114. The maximum absolute atomic E-state index is 12.2. The monoisotopic (exact) mass is 283 g/mol. The van der Waals surface area contributed by atoms with E-state index in [9.17, 15) is 9.59 Å². The number of carbonyl (C=O) groups excluding carboxylic acids is 2. The molecular weight excluding hydrogens is 266 g/mol. The van der Waals surface area contributed by atoms with Crippen molar-refractivity contribution in [3.63, 3.8) is 0 Å². The molecule has 0 fully saturated rings. The second-order valence-corrected chi connectivity index (χ2v) is 4.84. The Kier molecular flexibility index (Phi) is 4.38. The van der Waals surface area contributed by atoms with E-state index in [-0.39, 0.29) is 11.9 Å². The van der Waals surface area contributed by atoms with Gasteiger partial charge in [-0.3, -0.25) is 4.79 Å². The van der Waals surface area contributed by atoms with E-state index in [1.807, 2.05) is 26.0 Å². The van der Waals surface area contributed by atoms with Crippen LogP contribution >= 0.6 is 0 Å². The normalized spacial score (nSPS) is 10.0. The number of hydrogen-bond acceptors (Lipinski definition) is 3. The lowest BCUT2D eigenvalue weighted by atomic mass is 10.0. The molecule has 0 unspecified atom stereocenters. The molecule has 0 aliphatic heterocycles. The fourth-order valence-electron chi connectivity index (χ4n) is 1.94. The smallest absolute Gasteiger partial charge is 0.343 e. The summed E-state index contributed by atoms with van der Waals surface area (Å²) in [5, 5.41) is 2.65. The van der Waals surface area contributed by atoms with E-state index in [0.717, 1.165) is 11.1 Å². The molecular formula is C17H17NO3. The third kappa shape index (κ3) is 3.69. The van der Waals surface area contributed by atoms with Crippen LogP contribution in [0.2, 0.25) is 0 Å². The molecule has 0 spiro atoms. The Bertz CT molecular complexity index is 675. The predicted octanol–water partition coefficient (Wildman–Crippen LogP) is 3.48. The quantitative estimate of drug-likeness (QED) is 0.693. The zero-order valence-electron chi connectivity index (χ0n) is 12.3. The van der Waals surface area contributed by atoms with E-state index in [0.29, 0.717) is 17.0 Å². The highest BCUT2D eigenvalue weighted by molar-refractivity contribution is 5.93. The first kappa shape index (κ1) is 14.8. The van der Waals surface area contributed by atoms with Gasteiger partial charge in [0, 0.05) is 12.6 Å². The molecule has 0 aliphatic rings. The summed E-state index contributed by atoms with van der Waals surface area (Å²) < 4.78 is 5.34. The minimum atomic E-state index is -0.386. The van der Waals surface area contributed by atoms with Gasteiger partial charge in [0.25, 0.3) is 0 Å². The molecule has 0 aromatic heterocycles. The molecule has 0 heterocycles. The van der Waals surface area contributed by atoms with Crippen molar-refractivity contribution >= 4 is 17.6 Å². The van der Waals surface area contributed by atoms with Crippen molar-refractivity contribution in [3.8, 4) is 5.75 Å². The molecule has 4 heteroatoms. The number of ether oxygens (including phenoxy) is 1. The van der Waals surface area contributed by atoms with Crippen LogP contribution in [0.1, 0.15) is 28.4 Å². The minimum absolute atomic E-state index is 0.143. The van der Waals surface area contributed by atoms with Crippen LogP contribution in [0, 0.1) is 13.8 Å². The number of hydrogen-bond donors (Lipinski definition) is 1. The largest absolute Gasteiger partial charge is 0.423 e. The molecule has 2 rings (SSSR count). The van der Waals surface area contributed by atoms with Crippen LogP contribution in [0.5, 0.6) is 5.75 Å². The predicted molar refractivity (Wildman–Crippen MR) is 81.6 cm³/mol. The maximum atomic E-state index is 12.2. The zero-order valence-corrected chi connectivity index (χ0v) is 12.3. The number of benzene rings is 2. The average Bonchev–Trinajstić information content (AvgIpc) is 2.43. The van der Waals surface area contributed by atoms with Gasteiger partial charge in [0.2, 0.25) is 5.91 Å². The van der Waals surface area contributed by atoms with Gasteiger partial charge in [-0.25, -0.2) is 4.79 Å². The lowest BCUT2D eigenvalue weighted by Crippen LogP contribution is -2.11. The molecule has 0 aliphatic carbocycles. The Hall–Kier alpha value is -2.62. The summed E-state index contributed by atoms with van der Waals surface area (Å²) in [5.41, 5.74) is 3.18. The van der Waals surface area contributed by atoms with Crippen LogP contribution in [0.3, 0.4) is 0 Å². The van der Waals surface area contributed by atoms with Crippen molar-refractivity contribution in [1.29, 1.82) is 0 Å². The van der Waals surface area contributed by atoms with E-state index in [4.69, 9.17) is 4.74 Å². The van der Waals surface area contributed by atoms with Crippen LogP contribution in [0.25, 0.3) is 0 Å². The summed E-state index contributed by atoms with van der Waals surface area (Å²) in [7, 11) is 0. The highest BCUT2D eigenvalue weighted by atomic mass is 16.5. The topological polar surface area (TPSA) is 55.4 Å². The van der Waals surface area contributed by atoms with E-state index in [2.05, 4.69) is 5.32 Å². The summed E-state index contributed by atoms with van der Waals surface area (Å²) >= 11 is 0. The summed E-state index contributed by atoms with van der Waals surface area (Å²) in [6.07, 6.45) is 0. The van der Waals surface area contributed by atoms with Crippen LogP contribution in [-0.4, -0.2) is 11.9 Å². The standard InChI is InChI=1S/C17H17NO3/c1-11-5-4-6-16(12(11)2)17(20)21-15-9-7-14(8-10-15)18-13(3)19/h4-10H,1-3H3,(H,18,19). The molecule has 0 saturated heterocycles. The number of nitrogens with one attached hydrogen (secondary N) is 1. The third-order valence-corrected chi connectivity index (χ3v) is 3.21. The molecule has 1 N–H and O–H groups in total. The Morgan fingerprint density at radius 3 is 2.29 bits per heavy atom. The van der Waals surface area contributed by atoms with Gasteiger partial charge in [-0.1, -0.05) is 12.1 Å². The van der Waals surface area contributed by atoms with Crippen LogP contribution in [-0.2, 0) is 4.79 Å². The third-order valence-electron chi connectivity index (χ3n) is 3.21. The van der Waals surface area contributed by atoms with Gasteiger partial charge in [0.1, 0.15) is 5.75 Å². The van der Waals surface area contributed by atoms with Crippen LogP contribution < -0.4 is 10.1 Å². The molecule has 0 radical (unpaired) electrons. The molecule has 21 heavy (non-hydrogen) atoms. The van der Waals surface area contributed by atoms with Crippen molar-refractivity contribution in [3.05, 3.63) is 59.2 Å². The van der Waals surface area contributed by atoms with E-state index >= 15 is 0 Å². The molecule has 4 nitrogen and oxygen atoms in total. The Morgan fingerprint density at radius 1 is 1.00 bits per heavy atom. The Balaban J connectivity index is 2.12. The maximum Gasteiger partial charge on any atom is 0.343 e. The molecule has 2 aromatic carbocycles. The van der Waals surface area contributed by atoms with E-state index in [1.54, 1.807) is 30.3 Å². The number of carbonyl (C=O) groups is 2. The molecule has 0 saturated carbocycles. The summed E-state index contributed by atoms with van der Waals surface area (Å²) in [5.74, 6) is -0.0892. The van der Waals surface area contributed by atoms with Gasteiger partial charge in [-0.15, -0.1) is 0 Å². The number of amides is 1. The second kappa shape index (κ2) is 6.22. The number of aryl methyl sites for hydroxylation is 1. The van der Waals surface area contributed by atoms with Crippen LogP contribution in [0.4, 0.5) is 5.69 Å². The highest BCUT2D eigenvalue weighted by Crippen LogP contribution is 2.19. The first-order valence-electron chi connectivity index (χ1n) is 6.63. The van der Waals surface area contributed by atoms with Gasteiger partial charge < -0.3 is 10.1 Å². The first-order chi connectivity index (χ1) is 9.97. The summed E-state index contributed by atoms with van der Waals surface area (Å²) in [6.45, 7) is 5.29. The van der Waals surface area contributed by atoms with E-state index < -0.39 is 0 Å². The minimum Gasteiger partial charge on any atom is -0.423 e. The molecule has 0 bridgehead atoms. The van der Waals surface area contributed by atoms with E-state index in [1.165, 1.54) is 6.92 Å². The van der Waals surface area contributed by atoms with Gasteiger partial charge in [-0.05, 0) is 55.3 Å². The van der Waals surface area contributed by atoms with Gasteiger partial charge in [0.05, 0.1) is 5.56 Å². The number of esters is 1. The van der Waals surface area contributed by atoms with Crippen molar-refractivity contribution < 1.29 is 14.3 Å². The molecule has 0 atom stereocenters. The zero-order chi connectivity index (χ0) is 15.4. The lowest BCUT2D eigenvalue weighted by Gasteiger charge is -2.09. The Labute approximate surface area is 123 Å². The van der Waals surface area contributed by atoms with Crippen molar-refractivity contribution in [2.45, 2.75) is 20.8 Å². The van der Waals surface area contributed by atoms with Crippen molar-refractivity contribution in [2.75, 3.05) is 5.32 Å². The molecule has 2 aromatic rings. The second-order valence-electron chi connectivity index (χ2n) is 4.84. The van der Waals surface area contributed by atoms with Crippen molar-refractivity contribution in [2.24, 2.45) is 0 Å². The van der Waals surface area contributed by atoms with Gasteiger partial charge >= 0.3 is 5.97 Å². The van der Waals surface area contributed by atoms with Crippen LogP contribution in [0.15, 0.2) is 42.5 Å². The molecule has 108 valence electrons. The average molecular weight is 283 g/mol. The van der Waals surface area contributed by atoms with Gasteiger partial charge in [-0.2, -0.15) is 0 Å². The Morgan fingerprint density at radius 2 is 1.67 bits per heavy atom. The summed E-state index contributed by atoms with van der Waals surface area (Å²) in [6, 6.07) is 12.2. The highest BCUT2D eigenvalue weighted by Gasteiger charge is 2.12. The number of rotatable bonds is 3. The fourth-order valence-corrected chi connectivity index (χ4v) is 1.94. The SMILES string of the molecule is CC(=O)Nc1ccc(OC(=O)c2cccc(C)c2C)cc1. The molecule has 1 amide bonds. The van der Waals surface area contributed by atoms with Crippen molar-refractivity contribution in [1.82, 2.24) is 0 Å². The first-order valence-corrected chi connectivity index (χ1v) is 6.63. The fraction of sp³-hybridized carbons (Fsp3) is 0.176. The van der Waals surface area contributed by atoms with Gasteiger partial charge in [0.15, 0.2) is 0 Å². The summed E-state index contributed by atoms with van der Waals surface area (Å²) in [4.78, 5) is 23.1.